The first-order valence-corrected chi connectivity index (χ1v) is 12.5. The largest absolute Gasteiger partial charge is 0.444 e. The van der Waals surface area contributed by atoms with Crippen LogP contribution in [0.15, 0.2) is 12.3 Å². The standard InChI is InChI=1S/C23H32ClN5O3S/c1-14(2)26-16-11-17(24)25-12-15(16)18-27-28-19(33-18)23-9-7-22(8-10-23,13-31-23)29(6)20(30)32-21(3,4)5/h11-12,14H,7-10,13H2,1-6H3,(H,25,26). The van der Waals surface area contributed by atoms with Gasteiger partial charge in [-0.1, -0.05) is 22.9 Å². The number of nitrogens with one attached hydrogen (secondary N) is 1. The summed E-state index contributed by atoms with van der Waals surface area (Å²) in [4.78, 5) is 18.7. The summed E-state index contributed by atoms with van der Waals surface area (Å²) in [5.41, 5.74) is 0.429. The Morgan fingerprint density at radius 3 is 2.55 bits per heavy atom. The minimum Gasteiger partial charge on any atom is -0.444 e. The zero-order valence-corrected chi connectivity index (χ0v) is 21.6. The van der Waals surface area contributed by atoms with Gasteiger partial charge in [-0.15, -0.1) is 10.2 Å². The zero-order valence-electron chi connectivity index (χ0n) is 20.1. The van der Waals surface area contributed by atoms with Crippen molar-refractivity contribution in [1.29, 1.82) is 0 Å². The van der Waals surface area contributed by atoms with Gasteiger partial charge in [0.1, 0.15) is 21.4 Å². The number of rotatable bonds is 5. The number of ether oxygens (including phenoxy) is 2. The first kappa shape index (κ1) is 24.2. The summed E-state index contributed by atoms with van der Waals surface area (Å²) < 4.78 is 12.0. The van der Waals surface area contributed by atoms with Gasteiger partial charge >= 0.3 is 6.09 Å². The number of fused-ring (bicyclic) bond motifs is 3. The highest BCUT2D eigenvalue weighted by atomic mass is 35.5. The lowest BCUT2D eigenvalue weighted by Crippen LogP contribution is -2.62. The predicted molar refractivity (Wildman–Crippen MR) is 130 cm³/mol. The second kappa shape index (κ2) is 8.67. The van der Waals surface area contributed by atoms with E-state index in [-0.39, 0.29) is 17.7 Å². The number of anilines is 1. The molecule has 1 N–H and O–H groups in total. The van der Waals surface area contributed by atoms with E-state index in [2.05, 4.69) is 34.3 Å². The third-order valence-electron chi connectivity index (χ3n) is 6.34. The zero-order chi connectivity index (χ0) is 24.0. The van der Waals surface area contributed by atoms with Gasteiger partial charge in [0.25, 0.3) is 0 Å². The fourth-order valence-electron chi connectivity index (χ4n) is 4.46. The molecule has 2 aliphatic heterocycles. The summed E-state index contributed by atoms with van der Waals surface area (Å²) in [5, 5.41) is 14.5. The molecule has 2 saturated heterocycles. The Morgan fingerprint density at radius 2 is 1.97 bits per heavy atom. The second-order valence-electron chi connectivity index (χ2n) is 10.3. The summed E-state index contributed by atoms with van der Waals surface area (Å²) in [6.07, 6.45) is 4.66. The van der Waals surface area contributed by atoms with Gasteiger partial charge in [0.05, 0.1) is 17.7 Å². The monoisotopic (exact) mass is 493 g/mol. The van der Waals surface area contributed by atoms with Crippen LogP contribution in [0.3, 0.4) is 0 Å². The van der Waals surface area contributed by atoms with E-state index in [9.17, 15) is 4.79 Å². The SMILES string of the molecule is CC(C)Nc1cc(Cl)ncc1-c1nnc(C23CCC(N(C)C(=O)OC(C)(C)C)(CC2)CO3)s1. The summed E-state index contributed by atoms with van der Waals surface area (Å²) in [6.45, 7) is 10.2. The van der Waals surface area contributed by atoms with Crippen LogP contribution >= 0.6 is 22.9 Å². The first-order valence-electron chi connectivity index (χ1n) is 11.3. The first-order chi connectivity index (χ1) is 15.4. The molecule has 1 saturated carbocycles. The molecule has 4 heterocycles. The Balaban J connectivity index is 1.52. The molecular weight excluding hydrogens is 462 g/mol. The Morgan fingerprint density at radius 1 is 1.27 bits per heavy atom. The molecule has 0 radical (unpaired) electrons. The van der Waals surface area contributed by atoms with Crippen molar-refractivity contribution in [3.05, 3.63) is 22.4 Å². The molecule has 1 aliphatic carbocycles. The Hall–Kier alpha value is -1.97. The Kier molecular flexibility index (Phi) is 6.35. The molecule has 0 unspecified atom stereocenters. The van der Waals surface area contributed by atoms with Crippen molar-refractivity contribution in [2.45, 2.75) is 83.1 Å². The van der Waals surface area contributed by atoms with Gasteiger partial charge in [-0.2, -0.15) is 0 Å². The molecule has 3 fully saturated rings. The highest BCUT2D eigenvalue weighted by Gasteiger charge is 2.55. The summed E-state index contributed by atoms with van der Waals surface area (Å²) in [5.74, 6) is 0. The van der Waals surface area contributed by atoms with Crippen molar-refractivity contribution in [1.82, 2.24) is 20.1 Å². The number of carbonyl (C=O) groups excluding carboxylic acids is 1. The second-order valence-corrected chi connectivity index (χ2v) is 11.7. The molecule has 33 heavy (non-hydrogen) atoms. The van der Waals surface area contributed by atoms with E-state index in [4.69, 9.17) is 21.1 Å². The maximum atomic E-state index is 12.7. The number of pyridine rings is 1. The topological polar surface area (TPSA) is 89.5 Å². The van der Waals surface area contributed by atoms with E-state index in [1.54, 1.807) is 11.1 Å². The number of amides is 1. The predicted octanol–water partition coefficient (Wildman–Crippen LogP) is 5.48. The lowest BCUT2D eigenvalue weighted by molar-refractivity contribution is -0.191. The molecule has 0 spiro atoms. The van der Waals surface area contributed by atoms with Crippen molar-refractivity contribution in [2.24, 2.45) is 0 Å². The van der Waals surface area contributed by atoms with E-state index in [1.165, 1.54) is 11.3 Å². The van der Waals surface area contributed by atoms with Crippen LogP contribution in [-0.4, -0.2) is 57.0 Å². The van der Waals surface area contributed by atoms with E-state index >= 15 is 0 Å². The smallest absolute Gasteiger partial charge is 0.410 e. The van der Waals surface area contributed by atoms with Gasteiger partial charge in [-0.25, -0.2) is 9.78 Å². The van der Waals surface area contributed by atoms with E-state index in [1.807, 2.05) is 33.9 Å². The molecule has 2 aromatic heterocycles. The van der Waals surface area contributed by atoms with Crippen molar-refractivity contribution in [3.63, 3.8) is 0 Å². The van der Waals surface area contributed by atoms with Gasteiger partial charge in [0.15, 0.2) is 5.01 Å². The highest BCUT2D eigenvalue weighted by Crippen LogP contribution is 2.52. The third-order valence-corrected chi connectivity index (χ3v) is 7.69. The summed E-state index contributed by atoms with van der Waals surface area (Å²) in [6, 6.07) is 2.05. The summed E-state index contributed by atoms with van der Waals surface area (Å²) >= 11 is 7.65. The molecule has 8 nitrogen and oxygen atoms in total. The van der Waals surface area contributed by atoms with Crippen molar-refractivity contribution in [2.75, 3.05) is 19.0 Å². The molecular formula is C23H32ClN5O3S. The Labute approximate surface area is 204 Å². The number of hydrogen-bond donors (Lipinski definition) is 1. The van der Waals surface area contributed by atoms with Crippen molar-refractivity contribution >= 4 is 34.7 Å². The molecule has 0 aromatic carbocycles. The third kappa shape index (κ3) is 4.81. The molecule has 0 atom stereocenters. The van der Waals surface area contributed by atoms with Crippen LogP contribution in [-0.2, 0) is 15.1 Å². The van der Waals surface area contributed by atoms with Gasteiger partial charge in [0, 0.05) is 25.0 Å². The van der Waals surface area contributed by atoms with Gasteiger partial charge in [-0.3, -0.25) is 0 Å². The maximum absolute atomic E-state index is 12.7. The van der Waals surface area contributed by atoms with Crippen LogP contribution in [0.25, 0.3) is 10.6 Å². The molecule has 2 aromatic rings. The van der Waals surface area contributed by atoms with Crippen LogP contribution in [0, 0.1) is 0 Å². The number of likely N-dealkylation sites (N-methyl/N-ethyl adjacent to an activating group) is 1. The minimum atomic E-state index is -0.529. The lowest BCUT2D eigenvalue weighted by Gasteiger charge is -2.55. The van der Waals surface area contributed by atoms with Gasteiger partial charge in [0.2, 0.25) is 0 Å². The molecule has 10 heteroatoms. The fourth-order valence-corrected chi connectivity index (χ4v) is 5.69. The fraction of sp³-hybridized carbons (Fsp3) is 0.652. The quantitative estimate of drug-likeness (QED) is 0.551. The normalized spacial score (nSPS) is 24.7. The van der Waals surface area contributed by atoms with Crippen LogP contribution in [0.1, 0.15) is 65.3 Å². The molecule has 180 valence electrons. The van der Waals surface area contributed by atoms with Crippen LogP contribution in [0.5, 0.6) is 0 Å². The van der Waals surface area contributed by atoms with Crippen LogP contribution < -0.4 is 5.32 Å². The average Bonchev–Trinajstić information content (AvgIpc) is 3.24. The molecule has 2 bridgehead atoms. The minimum absolute atomic E-state index is 0.239. The molecule has 3 aliphatic rings. The van der Waals surface area contributed by atoms with E-state index < -0.39 is 11.2 Å². The van der Waals surface area contributed by atoms with Crippen LogP contribution in [0.2, 0.25) is 5.15 Å². The van der Waals surface area contributed by atoms with Crippen molar-refractivity contribution < 1.29 is 14.3 Å². The lowest BCUT2D eigenvalue weighted by atomic mass is 9.70. The molecule has 5 rings (SSSR count). The van der Waals surface area contributed by atoms with Crippen molar-refractivity contribution in [3.8, 4) is 10.6 Å². The number of carbonyl (C=O) groups is 1. The van der Waals surface area contributed by atoms with E-state index in [0.29, 0.717) is 11.8 Å². The van der Waals surface area contributed by atoms with Gasteiger partial charge < -0.3 is 19.7 Å². The molecule has 1 amide bonds. The Bertz CT molecular complexity index is 1010. The maximum Gasteiger partial charge on any atom is 0.410 e. The number of hydrogen-bond acceptors (Lipinski definition) is 8. The summed E-state index contributed by atoms with van der Waals surface area (Å²) in [7, 11) is 1.82. The average molecular weight is 494 g/mol. The van der Waals surface area contributed by atoms with Gasteiger partial charge in [-0.05, 0) is 66.4 Å². The number of nitrogens with zero attached hydrogens (tertiary/aromatic N) is 4. The van der Waals surface area contributed by atoms with Crippen LogP contribution in [0.4, 0.5) is 10.5 Å². The van der Waals surface area contributed by atoms with E-state index in [0.717, 1.165) is 46.9 Å². The number of halogens is 1. The highest BCUT2D eigenvalue weighted by molar-refractivity contribution is 7.14. The number of aromatic nitrogens is 3.